The molecule has 2 aliphatic rings. The van der Waals surface area contributed by atoms with Gasteiger partial charge in [0.25, 0.3) is 15.9 Å². The molecule has 0 spiro atoms. The van der Waals surface area contributed by atoms with E-state index in [9.17, 15) is 18.0 Å². The van der Waals surface area contributed by atoms with E-state index in [0.717, 1.165) is 52.2 Å². The number of piperidine rings is 1. The minimum absolute atomic E-state index is 0.0871. The van der Waals surface area contributed by atoms with Gasteiger partial charge in [0.2, 0.25) is 5.91 Å². The number of amides is 2. The monoisotopic (exact) mass is 581 g/mol. The Labute approximate surface area is 229 Å². The van der Waals surface area contributed by atoms with Crippen molar-refractivity contribution < 1.29 is 18.0 Å². The Morgan fingerprint density at radius 3 is 2.59 bits per heavy atom. The van der Waals surface area contributed by atoms with Crippen molar-refractivity contribution in [2.24, 2.45) is 0 Å². The lowest BCUT2D eigenvalue weighted by molar-refractivity contribution is -0.126. The summed E-state index contributed by atoms with van der Waals surface area (Å²) in [5, 5.41) is 4.24. The molecule has 0 saturated carbocycles. The molecule has 2 amide bonds. The predicted molar refractivity (Wildman–Crippen MR) is 146 cm³/mol. The van der Waals surface area contributed by atoms with Gasteiger partial charge < -0.3 is 15.1 Å². The highest BCUT2D eigenvalue weighted by Crippen LogP contribution is 2.35. The zero-order valence-corrected chi connectivity index (χ0v) is 23.7. The van der Waals surface area contributed by atoms with Crippen LogP contribution >= 0.6 is 34.3 Å². The molecule has 1 atom stereocenters. The van der Waals surface area contributed by atoms with Crippen molar-refractivity contribution in [1.29, 1.82) is 0 Å². The average Bonchev–Trinajstić information content (AvgIpc) is 3.56. The third-order valence-corrected chi connectivity index (χ3v) is 11.8. The molecule has 3 aromatic rings. The van der Waals surface area contributed by atoms with Crippen LogP contribution in [0.4, 0.5) is 0 Å². The number of halogens is 1. The van der Waals surface area contributed by atoms with Crippen molar-refractivity contribution in [1.82, 2.24) is 24.4 Å². The van der Waals surface area contributed by atoms with E-state index >= 15 is 0 Å². The summed E-state index contributed by atoms with van der Waals surface area (Å²) in [7, 11) is -0.280. The maximum absolute atomic E-state index is 13.5. The molecule has 1 unspecified atom stereocenters. The summed E-state index contributed by atoms with van der Waals surface area (Å²) in [5.74, 6) is -0.377. The van der Waals surface area contributed by atoms with E-state index in [4.69, 9.17) is 11.6 Å². The van der Waals surface area contributed by atoms with Gasteiger partial charge in [-0.3, -0.25) is 9.59 Å². The second-order valence-corrected chi connectivity index (χ2v) is 14.1. The number of carbonyl (C=O) groups is 2. The van der Waals surface area contributed by atoms with Gasteiger partial charge in [0.05, 0.1) is 0 Å². The van der Waals surface area contributed by atoms with Crippen LogP contribution in [-0.2, 0) is 14.8 Å². The minimum atomic E-state index is -3.87. The van der Waals surface area contributed by atoms with Crippen LogP contribution in [0.5, 0.6) is 0 Å². The maximum Gasteiger partial charge on any atom is 0.283 e. The number of hydrogen-bond donors (Lipinski definition) is 1. The van der Waals surface area contributed by atoms with Crippen molar-refractivity contribution >= 4 is 66.2 Å². The number of nitrogens with one attached hydrogen (secondary N) is 1. The van der Waals surface area contributed by atoms with Gasteiger partial charge in [-0.1, -0.05) is 17.7 Å². The molecule has 0 aliphatic carbocycles. The maximum atomic E-state index is 13.5. The van der Waals surface area contributed by atoms with Gasteiger partial charge in [0.15, 0.2) is 5.01 Å². The number of nitrogens with zero attached hydrogens (tertiary/aromatic N) is 4. The zero-order valence-electron chi connectivity index (χ0n) is 20.5. The molecule has 2 aromatic heterocycles. The highest BCUT2D eigenvalue weighted by molar-refractivity contribution is 7.91. The summed E-state index contributed by atoms with van der Waals surface area (Å²) in [5.41, 5.74) is 0. The Hall–Kier alpha value is -2.09. The number of sulfonamides is 1. The van der Waals surface area contributed by atoms with E-state index in [2.05, 4.69) is 22.2 Å². The molecule has 4 heterocycles. The molecule has 1 aromatic carbocycles. The number of piperazine rings is 1. The van der Waals surface area contributed by atoms with Crippen LogP contribution in [0, 0.1) is 0 Å². The Balaban J connectivity index is 1.35. The van der Waals surface area contributed by atoms with E-state index in [0.29, 0.717) is 15.9 Å². The van der Waals surface area contributed by atoms with Crippen LogP contribution in [-0.4, -0.2) is 92.2 Å². The van der Waals surface area contributed by atoms with Gasteiger partial charge in [-0.25, -0.2) is 13.4 Å². The second-order valence-electron chi connectivity index (χ2n) is 9.38. The highest BCUT2D eigenvalue weighted by Gasteiger charge is 2.41. The molecule has 2 aliphatic heterocycles. The molecule has 9 nitrogen and oxygen atoms in total. The molecule has 0 radical (unpaired) electrons. The summed E-state index contributed by atoms with van der Waals surface area (Å²) in [4.78, 5) is 35.5. The first-order valence-corrected chi connectivity index (χ1v) is 15.5. The summed E-state index contributed by atoms with van der Waals surface area (Å²) in [6.07, 6.45) is 3.82. The fourth-order valence-electron chi connectivity index (χ4n) is 4.84. The Kier molecular flexibility index (Phi) is 7.58. The molecule has 37 heavy (non-hydrogen) atoms. The molecule has 13 heteroatoms. The number of benzene rings is 1. The molecule has 5 rings (SSSR count). The lowest BCUT2D eigenvalue weighted by Crippen LogP contribution is -2.61. The molecule has 2 saturated heterocycles. The molecule has 198 valence electrons. The van der Waals surface area contributed by atoms with E-state index < -0.39 is 22.0 Å². The van der Waals surface area contributed by atoms with Crippen LogP contribution in [0.1, 0.15) is 33.4 Å². The van der Waals surface area contributed by atoms with Crippen molar-refractivity contribution in [3.63, 3.8) is 0 Å². The fourth-order valence-corrected chi connectivity index (χ4v) is 9.14. The van der Waals surface area contributed by atoms with Gasteiger partial charge in [0, 0.05) is 47.5 Å². The topological polar surface area (TPSA) is 103 Å². The van der Waals surface area contributed by atoms with Crippen LogP contribution < -0.4 is 5.32 Å². The van der Waals surface area contributed by atoms with E-state index in [1.807, 2.05) is 0 Å². The summed E-state index contributed by atoms with van der Waals surface area (Å²) in [6.45, 7) is 2.07. The third-order valence-electron chi connectivity index (χ3n) is 7.03. The number of thiophene rings is 1. The van der Waals surface area contributed by atoms with Gasteiger partial charge >= 0.3 is 0 Å². The lowest BCUT2D eigenvalue weighted by Gasteiger charge is -2.39. The first kappa shape index (κ1) is 26.5. The Morgan fingerprint density at radius 1 is 1.11 bits per heavy atom. The smallest absolute Gasteiger partial charge is 0.283 e. The number of aromatic nitrogens is 1. The van der Waals surface area contributed by atoms with Gasteiger partial charge in [-0.05, 0) is 62.5 Å². The predicted octanol–water partition coefficient (Wildman–Crippen LogP) is 3.08. The zero-order chi connectivity index (χ0) is 26.3. The highest BCUT2D eigenvalue weighted by atomic mass is 35.5. The number of hydrogen-bond acceptors (Lipinski definition) is 8. The van der Waals surface area contributed by atoms with Crippen molar-refractivity contribution in [3.8, 4) is 0 Å². The first-order chi connectivity index (χ1) is 17.7. The van der Waals surface area contributed by atoms with E-state index in [1.165, 1.54) is 27.6 Å². The van der Waals surface area contributed by atoms with Gasteiger partial charge in [0.1, 0.15) is 10.3 Å². The SMILES string of the molecule is CNC(=O)C1CN(S(=O)(=O)c2cc3ccc(Cl)cc3s2)CCN1C(=O)c1ncc(C2CCN(C)CC2)s1. The van der Waals surface area contributed by atoms with Crippen LogP contribution in [0.25, 0.3) is 10.1 Å². The van der Waals surface area contributed by atoms with Crippen molar-refractivity contribution in [2.45, 2.75) is 29.0 Å². The second kappa shape index (κ2) is 10.6. The number of likely N-dealkylation sites (N-methyl/N-ethyl adjacent to an activating group) is 1. The molecule has 1 N–H and O–H groups in total. The Bertz CT molecular complexity index is 1430. The molecule has 0 bridgehead atoms. The summed E-state index contributed by atoms with van der Waals surface area (Å²) in [6, 6.07) is 5.90. The van der Waals surface area contributed by atoms with Crippen molar-refractivity contribution in [2.75, 3.05) is 46.8 Å². The summed E-state index contributed by atoms with van der Waals surface area (Å²) < 4.78 is 29.2. The number of rotatable bonds is 5. The molecular weight excluding hydrogens is 554 g/mol. The quantitative estimate of drug-likeness (QED) is 0.497. The van der Waals surface area contributed by atoms with Crippen LogP contribution in [0.15, 0.2) is 34.7 Å². The minimum Gasteiger partial charge on any atom is -0.357 e. The van der Waals surface area contributed by atoms with Gasteiger partial charge in [-0.2, -0.15) is 4.31 Å². The van der Waals surface area contributed by atoms with Crippen molar-refractivity contribution in [3.05, 3.63) is 45.4 Å². The average molecular weight is 582 g/mol. The summed E-state index contributed by atoms with van der Waals surface area (Å²) >= 11 is 8.59. The molecular formula is C24H28ClN5O4S3. The van der Waals surface area contributed by atoms with E-state index in [1.54, 1.807) is 30.5 Å². The number of fused-ring (bicyclic) bond motifs is 1. The Morgan fingerprint density at radius 2 is 1.86 bits per heavy atom. The van der Waals surface area contributed by atoms with Crippen LogP contribution in [0.3, 0.4) is 0 Å². The normalized spacial score (nSPS) is 20.4. The molecule has 2 fully saturated rings. The standard InChI is InChI=1S/C24H28ClN5O4S3/c1-26-22(31)18-14-29(37(33,34)21-11-16-3-4-17(25)12-19(16)35-21)9-10-30(18)24(32)23-27-13-20(36-23)15-5-7-28(2)8-6-15/h3-4,11-13,15,18H,5-10,14H2,1-2H3,(H,26,31). The number of thiazole rings is 1. The van der Waals surface area contributed by atoms with Crippen LogP contribution in [0.2, 0.25) is 5.02 Å². The first-order valence-electron chi connectivity index (χ1n) is 12.0. The largest absolute Gasteiger partial charge is 0.357 e. The fraction of sp³-hybridized carbons (Fsp3) is 0.458. The number of carbonyl (C=O) groups excluding carboxylic acids is 2. The number of likely N-dealkylation sites (tertiary alicyclic amines) is 1. The third kappa shape index (κ3) is 5.27. The lowest BCUT2D eigenvalue weighted by atomic mass is 9.96. The van der Waals surface area contributed by atoms with E-state index in [-0.39, 0.29) is 29.8 Å². The van der Waals surface area contributed by atoms with Gasteiger partial charge in [-0.15, -0.1) is 22.7 Å².